The van der Waals surface area contributed by atoms with Gasteiger partial charge in [0.1, 0.15) is 0 Å². The quantitative estimate of drug-likeness (QED) is 0.684. The lowest BCUT2D eigenvalue weighted by Crippen LogP contribution is -2.36. The standard InChI is InChI=1S/C11H23N/c1-3-7-11-9-6-5-8-10(4-2)12-11/h10-12H,3-9H2,1-2H3. The summed E-state index contributed by atoms with van der Waals surface area (Å²) in [5.41, 5.74) is 0. The van der Waals surface area contributed by atoms with Crippen molar-refractivity contribution < 1.29 is 0 Å². The van der Waals surface area contributed by atoms with Crippen LogP contribution in [0, 0.1) is 0 Å². The molecule has 2 unspecified atom stereocenters. The molecule has 1 heteroatoms. The molecule has 0 saturated carbocycles. The third kappa shape index (κ3) is 3.14. The minimum absolute atomic E-state index is 0.809. The Kier molecular flexibility index (Phi) is 4.67. The van der Waals surface area contributed by atoms with Gasteiger partial charge >= 0.3 is 0 Å². The molecule has 2 atom stereocenters. The molecule has 1 aliphatic heterocycles. The zero-order chi connectivity index (χ0) is 8.81. The van der Waals surface area contributed by atoms with Gasteiger partial charge in [0.25, 0.3) is 0 Å². The van der Waals surface area contributed by atoms with E-state index in [2.05, 4.69) is 19.2 Å². The number of nitrogens with one attached hydrogen (secondary N) is 1. The van der Waals surface area contributed by atoms with Crippen LogP contribution in [0.4, 0.5) is 0 Å². The van der Waals surface area contributed by atoms with Gasteiger partial charge in [0.05, 0.1) is 0 Å². The van der Waals surface area contributed by atoms with Crippen molar-refractivity contribution in [2.75, 3.05) is 0 Å². The van der Waals surface area contributed by atoms with Crippen molar-refractivity contribution in [2.24, 2.45) is 0 Å². The molecule has 1 saturated heterocycles. The maximum atomic E-state index is 3.77. The fraction of sp³-hybridized carbons (Fsp3) is 1.00. The Bertz CT molecular complexity index is 112. The molecule has 1 fully saturated rings. The van der Waals surface area contributed by atoms with Crippen molar-refractivity contribution in [1.29, 1.82) is 0 Å². The summed E-state index contributed by atoms with van der Waals surface area (Å²) in [6, 6.07) is 1.63. The summed E-state index contributed by atoms with van der Waals surface area (Å²) in [7, 11) is 0. The maximum Gasteiger partial charge on any atom is 0.00695 e. The van der Waals surface area contributed by atoms with Gasteiger partial charge in [0.2, 0.25) is 0 Å². The summed E-state index contributed by atoms with van der Waals surface area (Å²) in [4.78, 5) is 0. The molecule has 1 rings (SSSR count). The van der Waals surface area contributed by atoms with Crippen molar-refractivity contribution in [3.05, 3.63) is 0 Å². The van der Waals surface area contributed by atoms with E-state index in [9.17, 15) is 0 Å². The van der Waals surface area contributed by atoms with Crippen LogP contribution in [0.3, 0.4) is 0 Å². The van der Waals surface area contributed by atoms with Crippen LogP contribution in [0.1, 0.15) is 58.8 Å². The Labute approximate surface area is 76.9 Å². The molecule has 0 aromatic carbocycles. The first kappa shape index (κ1) is 10.0. The van der Waals surface area contributed by atoms with Crippen LogP contribution in [-0.4, -0.2) is 12.1 Å². The molecule has 1 heterocycles. The third-order valence-electron chi connectivity index (χ3n) is 2.96. The number of rotatable bonds is 3. The first-order valence-electron chi connectivity index (χ1n) is 5.62. The molecule has 12 heavy (non-hydrogen) atoms. The highest BCUT2D eigenvalue weighted by Gasteiger charge is 2.16. The van der Waals surface area contributed by atoms with Gasteiger partial charge in [-0.25, -0.2) is 0 Å². The summed E-state index contributed by atoms with van der Waals surface area (Å²) in [5.74, 6) is 0. The van der Waals surface area contributed by atoms with Crippen LogP contribution in [0.5, 0.6) is 0 Å². The normalized spacial score (nSPS) is 31.5. The number of hydrogen-bond acceptors (Lipinski definition) is 1. The van der Waals surface area contributed by atoms with E-state index < -0.39 is 0 Å². The van der Waals surface area contributed by atoms with Crippen molar-refractivity contribution in [3.8, 4) is 0 Å². The molecule has 72 valence electrons. The zero-order valence-corrected chi connectivity index (χ0v) is 8.60. The summed E-state index contributed by atoms with van der Waals surface area (Å²) >= 11 is 0. The highest BCUT2D eigenvalue weighted by Crippen LogP contribution is 2.17. The van der Waals surface area contributed by atoms with Crippen molar-refractivity contribution in [3.63, 3.8) is 0 Å². The molecule has 0 aromatic heterocycles. The van der Waals surface area contributed by atoms with Gasteiger partial charge in [-0.3, -0.25) is 0 Å². The van der Waals surface area contributed by atoms with Gasteiger partial charge in [0.15, 0.2) is 0 Å². The molecule has 1 N–H and O–H groups in total. The Morgan fingerprint density at radius 3 is 2.33 bits per heavy atom. The molecule has 0 bridgehead atoms. The average molecular weight is 169 g/mol. The molecule has 1 aliphatic rings. The monoisotopic (exact) mass is 169 g/mol. The van der Waals surface area contributed by atoms with E-state index in [-0.39, 0.29) is 0 Å². The summed E-state index contributed by atoms with van der Waals surface area (Å²) < 4.78 is 0. The molecule has 0 spiro atoms. The molecular formula is C11H23N. The fourth-order valence-corrected chi connectivity index (χ4v) is 2.18. The molecule has 0 aliphatic carbocycles. The molecule has 0 aromatic rings. The van der Waals surface area contributed by atoms with Crippen LogP contribution in [0.15, 0.2) is 0 Å². The highest BCUT2D eigenvalue weighted by molar-refractivity contribution is 4.77. The molecular weight excluding hydrogens is 146 g/mol. The first-order valence-corrected chi connectivity index (χ1v) is 5.62. The van der Waals surface area contributed by atoms with Gasteiger partial charge in [-0.15, -0.1) is 0 Å². The van der Waals surface area contributed by atoms with Crippen molar-refractivity contribution in [2.45, 2.75) is 70.9 Å². The third-order valence-corrected chi connectivity index (χ3v) is 2.96. The zero-order valence-electron chi connectivity index (χ0n) is 8.60. The maximum absolute atomic E-state index is 3.77. The highest BCUT2D eigenvalue weighted by atomic mass is 14.9. The van der Waals surface area contributed by atoms with Gasteiger partial charge in [0, 0.05) is 12.1 Å². The topological polar surface area (TPSA) is 12.0 Å². The van der Waals surface area contributed by atoms with Crippen molar-refractivity contribution in [1.82, 2.24) is 5.32 Å². The summed E-state index contributed by atoms with van der Waals surface area (Å²) in [6.45, 7) is 4.58. The van der Waals surface area contributed by atoms with E-state index in [1.807, 2.05) is 0 Å². The van der Waals surface area contributed by atoms with E-state index in [1.54, 1.807) is 0 Å². The van der Waals surface area contributed by atoms with Gasteiger partial charge in [-0.2, -0.15) is 0 Å². The second-order valence-corrected chi connectivity index (χ2v) is 4.04. The van der Waals surface area contributed by atoms with E-state index in [4.69, 9.17) is 0 Å². The van der Waals surface area contributed by atoms with E-state index in [0.29, 0.717) is 0 Å². The van der Waals surface area contributed by atoms with Crippen LogP contribution < -0.4 is 5.32 Å². The fourth-order valence-electron chi connectivity index (χ4n) is 2.18. The second-order valence-electron chi connectivity index (χ2n) is 4.04. The lowest BCUT2D eigenvalue weighted by molar-refractivity contribution is 0.400. The van der Waals surface area contributed by atoms with Gasteiger partial charge < -0.3 is 5.32 Å². The predicted octanol–water partition coefficient (Wildman–Crippen LogP) is 3.10. The molecule has 0 amide bonds. The summed E-state index contributed by atoms with van der Waals surface area (Å²) in [6.07, 6.45) is 9.69. The minimum atomic E-state index is 0.809. The first-order chi connectivity index (χ1) is 5.86. The van der Waals surface area contributed by atoms with Crippen molar-refractivity contribution >= 4 is 0 Å². The molecule has 1 nitrogen and oxygen atoms in total. The van der Waals surface area contributed by atoms with E-state index in [0.717, 1.165) is 12.1 Å². The SMILES string of the molecule is CCCC1CCCCC(CC)N1. The average Bonchev–Trinajstić information content (AvgIpc) is 2.30. The van der Waals surface area contributed by atoms with Gasteiger partial charge in [-0.05, 0) is 25.7 Å². The Hall–Kier alpha value is -0.0400. The minimum Gasteiger partial charge on any atom is -0.311 e. The van der Waals surface area contributed by atoms with Crippen LogP contribution in [-0.2, 0) is 0 Å². The van der Waals surface area contributed by atoms with Crippen LogP contribution >= 0.6 is 0 Å². The largest absolute Gasteiger partial charge is 0.311 e. The smallest absolute Gasteiger partial charge is 0.00695 e. The summed E-state index contributed by atoms with van der Waals surface area (Å²) in [5, 5.41) is 3.77. The Morgan fingerprint density at radius 1 is 1.08 bits per heavy atom. The number of hydrogen-bond donors (Lipinski definition) is 1. The Balaban J connectivity index is 2.31. The van der Waals surface area contributed by atoms with Crippen LogP contribution in [0.2, 0.25) is 0 Å². The van der Waals surface area contributed by atoms with Crippen LogP contribution in [0.25, 0.3) is 0 Å². The van der Waals surface area contributed by atoms with E-state index >= 15 is 0 Å². The lowest BCUT2D eigenvalue weighted by Gasteiger charge is -2.20. The predicted molar refractivity (Wildman–Crippen MR) is 54.4 cm³/mol. The van der Waals surface area contributed by atoms with E-state index in [1.165, 1.54) is 44.9 Å². The second kappa shape index (κ2) is 5.58. The van der Waals surface area contributed by atoms with Gasteiger partial charge in [-0.1, -0.05) is 33.1 Å². The lowest BCUT2D eigenvalue weighted by atomic mass is 10.1. The Morgan fingerprint density at radius 2 is 1.75 bits per heavy atom. The molecule has 0 radical (unpaired) electrons.